The molecule has 1 rings (SSSR count). The molecule has 0 saturated heterocycles. The molecule has 0 fully saturated rings. The molecule has 0 aliphatic heterocycles. The van der Waals surface area contributed by atoms with Gasteiger partial charge in [0.15, 0.2) is 5.78 Å². The molecule has 0 radical (unpaired) electrons. The zero-order valence-electron chi connectivity index (χ0n) is 11.4. The molecule has 0 saturated carbocycles. The number of ether oxygens (including phenoxy) is 1. The Morgan fingerprint density at radius 1 is 1.21 bits per heavy atom. The first-order valence-corrected chi connectivity index (χ1v) is 6.47. The minimum Gasteiger partial charge on any atom is -0.375 e. The van der Waals surface area contributed by atoms with Gasteiger partial charge in [-0.1, -0.05) is 38.1 Å². The summed E-state index contributed by atoms with van der Waals surface area (Å²) in [5.74, 6) is 0.495. The van der Waals surface area contributed by atoms with Gasteiger partial charge in [0.05, 0.1) is 6.61 Å². The number of alkyl halides is 2. The van der Waals surface area contributed by atoms with E-state index in [1.165, 1.54) is 5.56 Å². The highest BCUT2D eigenvalue weighted by Crippen LogP contribution is 2.11. The number of carbonyl (C=O) groups excluding carboxylic acids is 1. The third kappa shape index (κ3) is 6.43. The number of rotatable bonds is 8. The molecular weight excluding hydrogens is 250 g/mol. The predicted octanol–water partition coefficient (Wildman–Crippen LogP) is 3.74. The summed E-state index contributed by atoms with van der Waals surface area (Å²) in [4.78, 5) is 11.8. The molecular formula is C15H20F2O2. The van der Waals surface area contributed by atoms with E-state index in [1.807, 2.05) is 12.1 Å². The van der Waals surface area contributed by atoms with E-state index in [1.54, 1.807) is 12.1 Å². The van der Waals surface area contributed by atoms with Crippen LogP contribution < -0.4 is 0 Å². The number of Topliss-reactive ketones (excluding diaryl/α,β-unsaturated/α-hetero) is 1. The molecule has 0 aliphatic carbocycles. The van der Waals surface area contributed by atoms with Gasteiger partial charge in [-0.05, 0) is 17.9 Å². The molecule has 0 N–H and O–H groups in total. The zero-order valence-corrected chi connectivity index (χ0v) is 11.4. The summed E-state index contributed by atoms with van der Waals surface area (Å²) in [6.07, 6.45) is -1.37. The molecule has 0 spiro atoms. The van der Waals surface area contributed by atoms with Crippen LogP contribution in [-0.4, -0.2) is 25.4 Å². The fourth-order valence-electron chi connectivity index (χ4n) is 1.78. The van der Waals surface area contributed by atoms with Gasteiger partial charge >= 0.3 is 0 Å². The topological polar surface area (TPSA) is 26.3 Å². The SMILES string of the molecule is CC(C)Cc1ccc(C(=O)CCOCC(F)F)cc1. The maximum absolute atomic E-state index is 11.8. The van der Waals surface area contributed by atoms with Crippen molar-refractivity contribution >= 4 is 5.78 Å². The summed E-state index contributed by atoms with van der Waals surface area (Å²) in [5.41, 5.74) is 1.80. The third-order valence-corrected chi connectivity index (χ3v) is 2.64. The van der Waals surface area contributed by atoms with Crippen LogP contribution in [-0.2, 0) is 11.2 Å². The van der Waals surface area contributed by atoms with Crippen LogP contribution in [0.4, 0.5) is 8.78 Å². The Labute approximate surface area is 112 Å². The molecule has 19 heavy (non-hydrogen) atoms. The van der Waals surface area contributed by atoms with Crippen molar-refractivity contribution in [3.8, 4) is 0 Å². The molecule has 0 aliphatic rings. The maximum Gasteiger partial charge on any atom is 0.261 e. The molecule has 1 aromatic rings. The zero-order chi connectivity index (χ0) is 14.3. The number of ketones is 1. The first-order valence-electron chi connectivity index (χ1n) is 6.47. The monoisotopic (exact) mass is 270 g/mol. The fourth-order valence-corrected chi connectivity index (χ4v) is 1.78. The van der Waals surface area contributed by atoms with Crippen molar-refractivity contribution in [1.29, 1.82) is 0 Å². The molecule has 0 atom stereocenters. The van der Waals surface area contributed by atoms with Gasteiger partial charge in [0, 0.05) is 12.0 Å². The van der Waals surface area contributed by atoms with Crippen molar-refractivity contribution in [3.63, 3.8) is 0 Å². The first-order chi connectivity index (χ1) is 8.99. The minimum atomic E-state index is -2.48. The van der Waals surface area contributed by atoms with Gasteiger partial charge in [-0.3, -0.25) is 4.79 Å². The molecule has 0 unspecified atom stereocenters. The van der Waals surface area contributed by atoms with Gasteiger partial charge in [-0.15, -0.1) is 0 Å². The summed E-state index contributed by atoms with van der Waals surface area (Å²) in [5, 5.41) is 0. The van der Waals surface area contributed by atoms with Crippen LogP contribution in [0.25, 0.3) is 0 Å². The molecule has 0 amide bonds. The molecule has 0 bridgehead atoms. The summed E-state index contributed by atoms with van der Waals surface area (Å²) in [6.45, 7) is 3.70. The summed E-state index contributed by atoms with van der Waals surface area (Å²) < 4.78 is 28.3. The van der Waals surface area contributed by atoms with Crippen molar-refractivity contribution in [2.75, 3.05) is 13.2 Å². The van der Waals surface area contributed by atoms with E-state index in [0.717, 1.165) is 6.42 Å². The van der Waals surface area contributed by atoms with Crippen LogP contribution in [0.15, 0.2) is 24.3 Å². The molecule has 4 heteroatoms. The Morgan fingerprint density at radius 3 is 2.37 bits per heavy atom. The van der Waals surface area contributed by atoms with Crippen molar-refractivity contribution in [1.82, 2.24) is 0 Å². The van der Waals surface area contributed by atoms with Crippen LogP contribution in [0.3, 0.4) is 0 Å². The number of halogens is 2. The second kappa shape index (κ2) is 8.00. The highest BCUT2D eigenvalue weighted by atomic mass is 19.3. The van der Waals surface area contributed by atoms with Gasteiger partial charge in [-0.2, -0.15) is 0 Å². The van der Waals surface area contributed by atoms with E-state index in [9.17, 15) is 13.6 Å². The van der Waals surface area contributed by atoms with Gasteiger partial charge in [0.1, 0.15) is 6.61 Å². The van der Waals surface area contributed by atoms with Crippen molar-refractivity contribution in [2.45, 2.75) is 33.1 Å². The fraction of sp³-hybridized carbons (Fsp3) is 0.533. The van der Waals surface area contributed by atoms with Crippen LogP contribution in [0.5, 0.6) is 0 Å². The summed E-state index contributed by atoms with van der Waals surface area (Å²) in [7, 11) is 0. The number of hydrogen-bond donors (Lipinski definition) is 0. The van der Waals surface area contributed by atoms with Crippen LogP contribution in [0.2, 0.25) is 0 Å². The average Bonchev–Trinajstić information content (AvgIpc) is 2.34. The quantitative estimate of drug-likeness (QED) is 0.531. The lowest BCUT2D eigenvalue weighted by molar-refractivity contribution is 0.0170. The highest BCUT2D eigenvalue weighted by molar-refractivity contribution is 5.96. The van der Waals surface area contributed by atoms with Crippen LogP contribution in [0.1, 0.15) is 36.2 Å². The lowest BCUT2D eigenvalue weighted by atomic mass is 10.00. The lowest BCUT2D eigenvalue weighted by Gasteiger charge is -2.06. The summed E-state index contributed by atoms with van der Waals surface area (Å²) >= 11 is 0. The molecule has 106 valence electrons. The minimum absolute atomic E-state index is 0.0386. The van der Waals surface area contributed by atoms with Gasteiger partial charge in [0.2, 0.25) is 0 Å². The van der Waals surface area contributed by atoms with Gasteiger partial charge < -0.3 is 4.74 Å². The van der Waals surface area contributed by atoms with E-state index in [2.05, 4.69) is 13.8 Å². The Kier molecular flexibility index (Phi) is 6.64. The highest BCUT2D eigenvalue weighted by Gasteiger charge is 2.07. The maximum atomic E-state index is 11.8. The number of carbonyl (C=O) groups is 1. The van der Waals surface area contributed by atoms with Gasteiger partial charge in [-0.25, -0.2) is 8.78 Å². The Bertz CT molecular complexity index is 386. The first kappa shape index (κ1) is 15.8. The third-order valence-electron chi connectivity index (χ3n) is 2.64. The Hall–Kier alpha value is -1.29. The molecule has 0 heterocycles. The second-order valence-corrected chi connectivity index (χ2v) is 4.93. The molecule has 0 aromatic heterocycles. The normalized spacial score (nSPS) is 11.3. The van der Waals surface area contributed by atoms with Crippen molar-refractivity contribution in [2.24, 2.45) is 5.92 Å². The van der Waals surface area contributed by atoms with Crippen LogP contribution >= 0.6 is 0 Å². The van der Waals surface area contributed by atoms with Crippen LogP contribution in [0, 0.1) is 5.92 Å². The van der Waals surface area contributed by atoms with Gasteiger partial charge in [0.25, 0.3) is 6.43 Å². The smallest absolute Gasteiger partial charge is 0.261 e. The Morgan fingerprint density at radius 2 is 1.84 bits per heavy atom. The van der Waals surface area contributed by atoms with Crippen molar-refractivity contribution < 1.29 is 18.3 Å². The van der Waals surface area contributed by atoms with Crippen molar-refractivity contribution in [3.05, 3.63) is 35.4 Å². The van der Waals surface area contributed by atoms with E-state index in [0.29, 0.717) is 11.5 Å². The van der Waals surface area contributed by atoms with E-state index < -0.39 is 13.0 Å². The Balaban J connectivity index is 2.40. The van der Waals surface area contributed by atoms with E-state index >= 15 is 0 Å². The average molecular weight is 270 g/mol. The lowest BCUT2D eigenvalue weighted by Crippen LogP contribution is -2.09. The largest absolute Gasteiger partial charge is 0.375 e. The second-order valence-electron chi connectivity index (χ2n) is 4.93. The standard InChI is InChI=1S/C15H20F2O2/c1-11(2)9-12-3-5-13(6-4-12)14(18)7-8-19-10-15(16)17/h3-6,11,15H,7-10H2,1-2H3. The molecule has 1 aromatic carbocycles. The number of benzene rings is 1. The van der Waals surface area contributed by atoms with E-state index in [4.69, 9.17) is 4.74 Å². The predicted molar refractivity (Wildman–Crippen MR) is 70.8 cm³/mol. The summed E-state index contributed by atoms with van der Waals surface area (Å²) in [6, 6.07) is 7.45. The molecule has 2 nitrogen and oxygen atoms in total. The number of hydrogen-bond acceptors (Lipinski definition) is 2. The van der Waals surface area contributed by atoms with E-state index in [-0.39, 0.29) is 18.8 Å².